The highest BCUT2D eigenvalue weighted by Gasteiger charge is 2.50. The van der Waals surface area contributed by atoms with E-state index in [2.05, 4.69) is 21.6 Å². The van der Waals surface area contributed by atoms with Crippen molar-refractivity contribution in [2.75, 3.05) is 13.7 Å². The van der Waals surface area contributed by atoms with E-state index in [1.165, 1.54) is 36.2 Å². The minimum atomic E-state index is -2.99. The molecule has 172 valence electrons. The zero-order valence-electron chi connectivity index (χ0n) is 17.7. The fourth-order valence-electron chi connectivity index (χ4n) is 3.93. The molecule has 2 N–H and O–H groups in total. The van der Waals surface area contributed by atoms with Crippen LogP contribution in [-0.4, -0.2) is 37.1 Å². The summed E-state index contributed by atoms with van der Waals surface area (Å²) in [5.74, 6) is 4.03. The van der Waals surface area contributed by atoms with Crippen molar-refractivity contribution >= 4 is 11.9 Å². The molecule has 0 aromatic heterocycles. The molecular formula is C24H21F4N3O2. The normalized spacial score (nSPS) is 20.0. The van der Waals surface area contributed by atoms with Gasteiger partial charge in [-0.3, -0.25) is 14.1 Å². The number of hydrogen-bond acceptors (Lipinski definition) is 4. The summed E-state index contributed by atoms with van der Waals surface area (Å²) in [6.45, 7) is -3.66. The maximum absolute atomic E-state index is 14.4. The number of nitrogens with two attached hydrogens (primary N) is 1. The molecule has 1 atom stereocenters. The third kappa shape index (κ3) is 4.13. The second kappa shape index (κ2) is 8.77. The molecule has 9 heteroatoms. The second-order valence-electron chi connectivity index (χ2n) is 7.89. The Morgan fingerprint density at radius 2 is 1.94 bits per heavy atom. The van der Waals surface area contributed by atoms with E-state index in [0.29, 0.717) is 16.7 Å². The Hall–Kier alpha value is -3.54. The van der Waals surface area contributed by atoms with Gasteiger partial charge in [0.1, 0.15) is 18.2 Å². The first kappa shape index (κ1) is 22.6. The lowest BCUT2D eigenvalue weighted by Gasteiger charge is -2.27. The fourth-order valence-corrected chi connectivity index (χ4v) is 3.93. The Kier molecular flexibility index (Phi) is 6.02. The van der Waals surface area contributed by atoms with Gasteiger partial charge in [-0.2, -0.15) is 8.78 Å². The molecule has 1 fully saturated rings. The lowest BCUT2D eigenvalue weighted by atomic mass is 9.81. The van der Waals surface area contributed by atoms with Crippen molar-refractivity contribution in [2.24, 2.45) is 10.7 Å². The molecule has 1 saturated carbocycles. The summed E-state index contributed by atoms with van der Waals surface area (Å²) in [5, 5.41) is 0. The summed E-state index contributed by atoms with van der Waals surface area (Å²) in [6, 6.07) is 8.44. The number of guanidine groups is 1. The Bertz CT molecular complexity index is 1180. The van der Waals surface area contributed by atoms with Crippen LogP contribution < -0.4 is 10.5 Å². The lowest BCUT2D eigenvalue weighted by molar-refractivity contribution is -0.129. The molecule has 0 saturated heterocycles. The molecule has 2 aromatic rings. The van der Waals surface area contributed by atoms with Crippen LogP contribution in [0.1, 0.15) is 47.4 Å². The van der Waals surface area contributed by atoms with Gasteiger partial charge in [0.2, 0.25) is 0 Å². The van der Waals surface area contributed by atoms with E-state index >= 15 is 0 Å². The summed E-state index contributed by atoms with van der Waals surface area (Å²) in [5.41, 5.74) is 5.54. The topological polar surface area (TPSA) is 67.9 Å². The summed E-state index contributed by atoms with van der Waals surface area (Å²) in [7, 11) is 1.46. The Labute approximate surface area is 188 Å². The second-order valence-corrected chi connectivity index (χ2v) is 7.89. The number of alkyl halides is 3. The summed E-state index contributed by atoms with van der Waals surface area (Å²) in [6.07, 6.45) is 1.55. The minimum Gasteiger partial charge on any atom is -0.435 e. The molecule has 1 heterocycles. The van der Waals surface area contributed by atoms with Gasteiger partial charge < -0.3 is 10.5 Å². The SMILES string of the molecule is CN1C(=O)[C@@](c2ccc(F)c(C#CCCF)c2)(c2ccc(OC(F)F)c(C3CC3)c2)N=C1N. The van der Waals surface area contributed by atoms with Crippen LogP contribution in [0, 0.1) is 17.7 Å². The number of rotatable bonds is 6. The maximum atomic E-state index is 14.4. The third-order valence-corrected chi connectivity index (χ3v) is 5.73. The van der Waals surface area contributed by atoms with Gasteiger partial charge in [0.05, 0.1) is 5.56 Å². The average Bonchev–Trinajstić information content (AvgIpc) is 3.60. The van der Waals surface area contributed by atoms with Crippen LogP contribution in [0.3, 0.4) is 0 Å². The largest absolute Gasteiger partial charge is 0.435 e. The standard InChI is InChI=1S/C24H21F4N3O2/c1-31-21(32)24(30-23(31)29,16-7-9-19(26)15(12-16)4-2-3-11-25)17-8-10-20(33-22(27)28)18(13-17)14-5-6-14/h7-10,12-14,22H,3,5-6,11H2,1H3,(H2,29,30)/t24-/m1/s1. The van der Waals surface area contributed by atoms with E-state index in [4.69, 9.17) is 5.73 Å². The van der Waals surface area contributed by atoms with E-state index in [1.54, 1.807) is 6.07 Å². The monoisotopic (exact) mass is 459 g/mol. The molecule has 0 spiro atoms. The molecule has 33 heavy (non-hydrogen) atoms. The van der Waals surface area contributed by atoms with Gasteiger partial charge in [0.25, 0.3) is 5.91 Å². The van der Waals surface area contributed by atoms with E-state index < -0.39 is 30.5 Å². The molecule has 0 unspecified atom stereocenters. The Balaban J connectivity index is 1.90. The molecule has 0 radical (unpaired) electrons. The average molecular weight is 459 g/mol. The van der Waals surface area contributed by atoms with E-state index in [-0.39, 0.29) is 29.6 Å². The Morgan fingerprint density at radius 1 is 1.24 bits per heavy atom. The molecular weight excluding hydrogens is 438 g/mol. The van der Waals surface area contributed by atoms with Crippen LogP contribution in [0.25, 0.3) is 0 Å². The predicted octanol–water partition coefficient (Wildman–Crippen LogP) is 4.05. The number of ether oxygens (including phenoxy) is 1. The third-order valence-electron chi connectivity index (χ3n) is 5.73. The van der Waals surface area contributed by atoms with Crippen molar-refractivity contribution < 1.29 is 27.1 Å². The van der Waals surface area contributed by atoms with Crippen LogP contribution in [0.2, 0.25) is 0 Å². The molecule has 0 bridgehead atoms. The van der Waals surface area contributed by atoms with Gasteiger partial charge in [0, 0.05) is 13.5 Å². The number of halogens is 4. The molecule has 4 rings (SSSR count). The van der Waals surface area contributed by atoms with Crippen molar-refractivity contribution in [2.45, 2.75) is 37.3 Å². The first-order chi connectivity index (χ1) is 15.8. The minimum absolute atomic E-state index is 0.0171. The highest BCUT2D eigenvalue weighted by Crippen LogP contribution is 2.48. The number of benzene rings is 2. The number of likely N-dealkylation sites (N-methyl/N-ethyl adjacent to an activating group) is 1. The number of nitrogens with zero attached hydrogens (tertiary/aromatic N) is 2. The number of aliphatic imine (C=N–C) groups is 1. The van der Waals surface area contributed by atoms with Gasteiger partial charge in [-0.25, -0.2) is 9.38 Å². The van der Waals surface area contributed by atoms with Gasteiger partial charge in [-0.15, -0.1) is 0 Å². The van der Waals surface area contributed by atoms with Crippen molar-refractivity contribution in [3.63, 3.8) is 0 Å². The van der Waals surface area contributed by atoms with Crippen molar-refractivity contribution in [1.82, 2.24) is 4.90 Å². The zero-order chi connectivity index (χ0) is 23.8. The smallest absolute Gasteiger partial charge is 0.387 e. The highest BCUT2D eigenvalue weighted by atomic mass is 19.3. The van der Waals surface area contributed by atoms with Crippen molar-refractivity contribution in [1.29, 1.82) is 0 Å². The van der Waals surface area contributed by atoms with Crippen LogP contribution in [0.5, 0.6) is 5.75 Å². The molecule has 2 aliphatic rings. The van der Waals surface area contributed by atoms with Crippen molar-refractivity contribution in [3.05, 3.63) is 64.5 Å². The van der Waals surface area contributed by atoms with E-state index in [1.807, 2.05) is 0 Å². The highest BCUT2D eigenvalue weighted by molar-refractivity contribution is 6.09. The fraction of sp³-hybridized carbons (Fsp3) is 0.333. The molecule has 5 nitrogen and oxygen atoms in total. The van der Waals surface area contributed by atoms with E-state index in [9.17, 15) is 22.4 Å². The van der Waals surface area contributed by atoms with Crippen LogP contribution in [0.4, 0.5) is 17.6 Å². The zero-order valence-corrected chi connectivity index (χ0v) is 17.7. The predicted molar refractivity (Wildman–Crippen MR) is 114 cm³/mol. The molecule has 2 aromatic carbocycles. The van der Waals surface area contributed by atoms with Gasteiger partial charge >= 0.3 is 6.61 Å². The van der Waals surface area contributed by atoms with Crippen LogP contribution in [0.15, 0.2) is 41.4 Å². The maximum Gasteiger partial charge on any atom is 0.387 e. The van der Waals surface area contributed by atoms with E-state index in [0.717, 1.165) is 18.9 Å². The molecule has 1 amide bonds. The first-order valence-electron chi connectivity index (χ1n) is 10.4. The number of amides is 1. The van der Waals surface area contributed by atoms with Gasteiger partial charge in [-0.05, 0) is 59.7 Å². The lowest BCUT2D eigenvalue weighted by Crippen LogP contribution is -2.41. The summed E-state index contributed by atoms with van der Waals surface area (Å²) >= 11 is 0. The Morgan fingerprint density at radius 3 is 2.55 bits per heavy atom. The summed E-state index contributed by atoms with van der Waals surface area (Å²) < 4.78 is 57.3. The number of carbonyl (C=O) groups excluding carboxylic acids is 1. The van der Waals surface area contributed by atoms with Crippen LogP contribution >= 0.6 is 0 Å². The molecule has 1 aliphatic heterocycles. The number of carbonyl (C=O) groups is 1. The van der Waals surface area contributed by atoms with Crippen LogP contribution in [-0.2, 0) is 10.3 Å². The quantitative estimate of drug-likeness (QED) is 0.524. The van der Waals surface area contributed by atoms with Gasteiger partial charge in [-0.1, -0.05) is 24.0 Å². The number of hydrogen-bond donors (Lipinski definition) is 1. The molecule has 1 aliphatic carbocycles. The first-order valence-corrected chi connectivity index (χ1v) is 10.4. The van der Waals surface area contributed by atoms with Crippen molar-refractivity contribution in [3.8, 4) is 17.6 Å². The summed E-state index contributed by atoms with van der Waals surface area (Å²) in [4.78, 5) is 19.1. The van der Waals surface area contributed by atoms with Gasteiger partial charge in [0.15, 0.2) is 11.5 Å².